The summed E-state index contributed by atoms with van der Waals surface area (Å²) >= 11 is 0. The molecule has 146 valence electrons. The third-order valence-electron chi connectivity index (χ3n) is 5.10. The fourth-order valence-corrected chi connectivity index (χ4v) is 3.21. The van der Waals surface area contributed by atoms with Gasteiger partial charge in [0.2, 0.25) is 0 Å². The Labute approximate surface area is 164 Å². The van der Waals surface area contributed by atoms with Crippen LogP contribution in [0, 0.1) is 19.8 Å². The quantitative estimate of drug-likeness (QED) is 0.636. The lowest BCUT2D eigenvalue weighted by Gasteiger charge is -2.17. The van der Waals surface area contributed by atoms with E-state index in [1.807, 2.05) is 36.6 Å². The van der Waals surface area contributed by atoms with Gasteiger partial charge in [-0.1, -0.05) is 0 Å². The summed E-state index contributed by atoms with van der Waals surface area (Å²) in [5.74, 6) is 3.13. The number of rotatable bonds is 6. The number of nitrogen functional groups attached to an aromatic ring is 2. The van der Waals surface area contributed by atoms with E-state index < -0.39 is 0 Å². The molecule has 2 heterocycles. The van der Waals surface area contributed by atoms with Gasteiger partial charge in [0.1, 0.15) is 23.1 Å². The minimum atomic E-state index is 0.485. The number of hydrogen-bond acceptors (Lipinski definition) is 6. The Morgan fingerprint density at radius 3 is 2.68 bits per heavy atom. The lowest BCUT2D eigenvalue weighted by molar-refractivity contribution is 0.297. The first-order valence-corrected chi connectivity index (χ1v) is 9.36. The first-order valence-electron chi connectivity index (χ1n) is 9.36. The van der Waals surface area contributed by atoms with E-state index >= 15 is 0 Å². The highest BCUT2D eigenvalue weighted by Gasteiger charge is 2.24. The molecule has 1 saturated carbocycles. The van der Waals surface area contributed by atoms with E-state index in [4.69, 9.17) is 25.9 Å². The molecule has 0 radical (unpaired) electrons. The average Bonchev–Trinajstić information content (AvgIpc) is 3.47. The van der Waals surface area contributed by atoms with Crippen molar-refractivity contribution >= 4 is 11.5 Å². The van der Waals surface area contributed by atoms with E-state index in [1.165, 1.54) is 12.8 Å². The molecule has 2 aromatic heterocycles. The molecule has 3 aromatic rings. The van der Waals surface area contributed by atoms with Gasteiger partial charge >= 0.3 is 0 Å². The van der Waals surface area contributed by atoms with Gasteiger partial charge in [-0.05, 0) is 44.2 Å². The summed E-state index contributed by atoms with van der Waals surface area (Å²) in [4.78, 5) is 8.88. The van der Waals surface area contributed by atoms with Crippen molar-refractivity contribution in [2.75, 3.05) is 25.2 Å². The number of hydrogen-bond donors (Lipinski definition) is 2. The molecule has 4 N–H and O–H groups in total. The van der Waals surface area contributed by atoms with E-state index in [0.717, 1.165) is 16.8 Å². The predicted octanol–water partition coefficient (Wildman–Crippen LogP) is 3.51. The van der Waals surface area contributed by atoms with Gasteiger partial charge < -0.3 is 20.9 Å². The van der Waals surface area contributed by atoms with Crippen LogP contribution < -0.4 is 20.9 Å². The molecule has 1 aliphatic carbocycles. The summed E-state index contributed by atoms with van der Waals surface area (Å²) in [6, 6.07) is 5.64. The Morgan fingerprint density at radius 1 is 1.21 bits per heavy atom. The molecular formula is C21H25N5O2. The fourth-order valence-electron chi connectivity index (χ4n) is 3.21. The summed E-state index contributed by atoms with van der Waals surface area (Å²) in [5, 5.41) is 0. The van der Waals surface area contributed by atoms with E-state index in [2.05, 4.69) is 4.98 Å². The van der Waals surface area contributed by atoms with Crippen LogP contribution in [0.4, 0.5) is 11.5 Å². The zero-order chi connectivity index (χ0) is 19.8. The van der Waals surface area contributed by atoms with Gasteiger partial charge in [0.25, 0.3) is 0 Å². The summed E-state index contributed by atoms with van der Waals surface area (Å²) in [6.45, 7) is 4.57. The van der Waals surface area contributed by atoms with Crippen LogP contribution in [0.5, 0.6) is 11.5 Å². The zero-order valence-corrected chi connectivity index (χ0v) is 16.4. The highest BCUT2D eigenvalue weighted by Crippen LogP contribution is 2.39. The van der Waals surface area contributed by atoms with Gasteiger partial charge in [-0.15, -0.1) is 0 Å². The average molecular weight is 379 g/mol. The maximum atomic E-state index is 6.43. The van der Waals surface area contributed by atoms with Crippen molar-refractivity contribution < 1.29 is 9.47 Å². The van der Waals surface area contributed by atoms with Crippen LogP contribution in [0.2, 0.25) is 0 Å². The minimum absolute atomic E-state index is 0.485. The summed E-state index contributed by atoms with van der Waals surface area (Å²) < 4.78 is 13.3. The maximum absolute atomic E-state index is 6.43. The molecule has 1 aromatic carbocycles. The molecule has 4 rings (SSSR count). The summed E-state index contributed by atoms with van der Waals surface area (Å²) in [6.07, 6.45) is 5.99. The second-order valence-corrected chi connectivity index (χ2v) is 7.24. The number of pyridine rings is 1. The van der Waals surface area contributed by atoms with E-state index in [1.54, 1.807) is 19.5 Å². The van der Waals surface area contributed by atoms with Gasteiger partial charge in [0.15, 0.2) is 0 Å². The lowest BCUT2D eigenvalue weighted by atomic mass is 10.1. The minimum Gasteiger partial charge on any atom is -0.494 e. The Kier molecular flexibility index (Phi) is 4.58. The molecule has 0 atom stereocenters. The van der Waals surface area contributed by atoms with Crippen molar-refractivity contribution in [3.63, 3.8) is 0 Å². The van der Waals surface area contributed by atoms with Gasteiger partial charge in [-0.2, -0.15) is 0 Å². The third kappa shape index (κ3) is 3.24. The van der Waals surface area contributed by atoms with Gasteiger partial charge in [-0.3, -0.25) is 9.55 Å². The van der Waals surface area contributed by atoms with Crippen molar-refractivity contribution in [3.05, 3.63) is 41.9 Å². The Hall–Kier alpha value is -3.22. The molecule has 7 nitrogen and oxygen atoms in total. The van der Waals surface area contributed by atoms with Gasteiger partial charge in [-0.25, -0.2) is 4.98 Å². The molecule has 0 bridgehead atoms. The SMILES string of the molecule is COc1cc(OCC2CC2)cc(-n2c(-c3ccncc3C)nc(C)c2N)c1N. The van der Waals surface area contributed by atoms with Crippen LogP contribution in [0.25, 0.3) is 17.1 Å². The van der Waals surface area contributed by atoms with Crippen LogP contribution in [0.15, 0.2) is 30.6 Å². The van der Waals surface area contributed by atoms with Crippen molar-refractivity contribution in [1.29, 1.82) is 0 Å². The van der Waals surface area contributed by atoms with Crippen molar-refractivity contribution in [1.82, 2.24) is 14.5 Å². The second-order valence-electron chi connectivity index (χ2n) is 7.24. The second kappa shape index (κ2) is 7.07. The van der Waals surface area contributed by atoms with Crippen LogP contribution >= 0.6 is 0 Å². The third-order valence-corrected chi connectivity index (χ3v) is 5.10. The number of imidazole rings is 1. The highest BCUT2D eigenvalue weighted by atomic mass is 16.5. The fraction of sp³-hybridized carbons (Fsp3) is 0.333. The first kappa shape index (κ1) is 18.2. The van der Waals surface area contributed by atoms with Crippen LogP contribution in [-0.2, 0) is 0 Å². The van der Waals surface area contributed by atoms with Crippen LogP contribution in [-0.4, -0.2) is 28.3 Å². The van der Waals surface area contributed by atoms with E-state index in [-0.39, 0.29) is 0 Å². The molecule has 0 unspecified atom stereocenters. The van der Waals surface area contributed by atoms with Crippen molar-refractivity contribution in [2.24, 2.45) is 5.92 Å². The highest BCUT2D eigenvalue weighted by molar-refractivity contribution is 5.76. The number of nitrogens with two attached hydrogens (primary N) is 2. The number of nitrogens with zero attached hydrogens (tertiary/aromatic N) is 3. The molecule has 28 heavy (non-hydrogen) atoms. The lowest BCUT2D eigenvalue weighted by Crippen LogP contribution is -2.09. The number of aryl methyl sites for hydroxylation is 2. The van der Waals surface area contributed by atoms with Gasteiger partial charge in [0, 0.05) is 30.1 Å². The molecule has 0 spiro atoms. The topological polar surface area (TPSA) is 101 Å². The largest absolute Gasteiger partial charge is 0.494 e. The van der Waals surface area contributed by atoms with Gasteiger partial charge in [0.05, 0.1) is 30.8 Å². The Morgan fingerprint density at radius 2 is 2.00 bits per heavy atom. The number of anilines is 2. The maximum Gasteiger partial charge on any atom is 0.147 e. The first-order chi connectivity index (χ1) is 13.5. The Bertz CT molecular complexity index is 1020. The molecule has 0 aliphatic heterocycles. The smallest absolute Gasteiger partial charge is 0.147 e. The van der Waals surface area contributed by atoms with Crippen LogP contribution in [0.1, 0.15) is 24.1 Å². The molecule has 7 heteroatoms. The monoisotopic (exact) mass is 379 g/mol. The normalized spacial score (nSPS) is 13.5. The zero-order valence-electron chi connectivity index (χ0n) is 16.4. The molecule has 0 amide bonds. The summed E-state index contributed by atoms with van der Waals surface area (Å²) in [7, 11) is 1.59. The standard InChI is InChI=1S/C21H25N5O2/c1-12-10-24-7-6-16(12)21-25-13(2)20(23)26(21)17-8-15(28-11-14-4-5-14)9-18(27-3)19(17)22/h6-10,14H,4-5,11,22-23H2,1-3H3. The molecular weight excluding hydrogens is 354 g/mol. The number of ether oxygens (including phenoxy) is 2. The number of methoxy groups -OCH3 is 1. The van der Waals surface area contributed by atoms with E-state index in [9.17, 15) is 0 Å². The van der Waals surface area contributed by atoms with Crippen molar-refractivity contribution in [2.45, 2.75) is 26.7 Å². The van der Waals surface area contributed by atoms with Crippen LogP contribution in [0.3, 0.4) is 0 Å². The van der Waals surface area contributed by atoms with Crippen molar-refractivity contribution in [3.8, 4) is 28.6 Å². The summed E-state index contributed by atoms with van der Waals surface area (Å²) in [5.41, 5.74) is 16.7. The molecule has 0 saturated heterocycles. The predicted molar refractivity (Wildman–Crippen MR) is 110 cm³/mol. The molecule has 1 fully saturated rings. The van der Waals surface area contributed by atoms with E-state index in [0.29, 0.717) is 47.0 Å². The Balaban J connectivity index is 1.88. The molecule has 1 aliphatic rings. The number of aromatic nitrogens is 3. The number of benzene rings is 1.